The van der Waals surface area contributed by atoms with Crippen LogP contribution in [0.15, 0.2) is 30.3 Å². The number of hydrogen-bond donors (Lipinski definition) is 3. The van der Waals surface area contributed by atoms with Crippen LogP contribution in [0.4, 0.5) is 4.79 Å². The Morgan fingerprint density at radius 1 is 1.37 bits per heavy atom. The molecule has 1 aromatic carbocycles. The Hall–Kier alpha value is -1.59. The van der Waals surface area contributed by atoms with Gasteiger partial charge in [0.05, 0.1) is 6.10 Å². The summed E-state index contributed by atoms with van der Waals surface area (Å²) in [7, 11) is 0. The van der Waals surface area contributed by atoms with Crippen molar-refractivity contribution in [2.45, 2.75) is 26.1 Å². The minimum absolute atomic E-state index is 0.0112. The summed E-state index contributed by atoms with van der Waals surface area (Å²) in [5, 5.41) is 20.9. The van der Waals surface area contributed by atoms with E-state index >= 15 is 0 Å². The second-order valence-electron chi connectivity index (χ2n) is 4.62. The van der Waals surface area contributed by atoms with Crippen molar-refractivity contribution < 1.29 is 19.7 Å². The van der Waals surface area contributed by atoms with E-state index in [4.69, 9.17) is 9.84 Å². The van der Waals surface area contributed by atoms with Crippen molar-refractivity contribution >= 4 is 6.09 Å². The van der Waals surface area contributed by atoms with E-state index in [1.54, 1.807) is 0 Å². The van der Waals surface area contributed by atoms with Gasteiger partial charge in [0.2, 0.25) is 0 Å². The van der Waals surface area contributed by atoms with Gasteiger partial charge < -0.3 is 20.3 Å². The highest BCUT2D eigenvalue weighted by Gasteiger charge is 2.11. The molecule has 1 rings (SSSR count). The first-order valence-electron chi connectivity index (χ1n) is 6.35. The first kappa shape index (κ1) is 15.5. The van der Waals surface area contributed by atoms with Crippen LogP contribution in [-0.4, -0.2) is 35.6 Å². The lowest BCUT2D eigenvalue weighted by molar-refractivity contribution is 0.107. The van der Waals surface area contributed by atoms with Gasteiger partial charge in [0, 0.05) is 13.2 Å². The minimum atomic E-state index is -0.675. The van der Waals surface area contributed by atoms with E-state index < -0.39 is 12.2 Å². The molecule has 0 saturated carbocycles. The lowest BCUT2D eigenvalue weighted by Gasteiger charge is -2.15. The van der Waals surface area contributed by atoms with Gasteiger partial charge in [-0.25, -0.2) is 4.79 Å². The van der Waals surface area contributed by atoms with E-state index in [1.165, 1.54) is 0 Å². The zero-order valence-electron chi connectivity index (χ0n) is 11.1. The Balaban J connectivity index is 2.17. The van der Waals surface area contributed by atoms with Crippen LogP contribution in [0.25, 0.3) is 0 Å². The van der Waals surface area contributed by atoms with Gasteiger partial charge in [0.25, 0.3) is 0 Å². The summed E-state index contributed by atoms with van der Waals surface area (Å²) < 4.78 is 5.00. The number of alkyl carbamates (subject to hydrolysis) is 1. The molecule has 1 amide bonds. The quantitative estimate of drug-likeness (QED) is 0.695. The molecule has 0 saturated heterocycles. The third-order valence-corrected chi connectivity index (χ3v) is 2.68. The van der Waals surface area contributed by atoms with Crippen molar-refractivity contribution in [1.29, 1.82) is 0 Å². The van der Waals surface area contributed by atoms with Crippen LogP contribution in [0.1, 0.15) is 18.9 Å². The van der Waals surface area contributed by atoms with Crippen molar-refractivity contribution in [3.8, 4) is 0 Å². The number of ether oxygens (including phenoxy) is 1. The molecule has 0 fully saturated rings. The topological polar surface area (TPSA) is 78.8 Å². The summed E-state index contributed by atoms with van der Waals surface area (Å²) in [5.74, 6) is 0.0112. The molecule has 0 aromatic heterocycles. The fraction of sp³-hybridized carbons (Fsp3) is 0.500. The molecule has 1 aromatic rings. The summed E-state index contributed by atoms with van der Waals surface area (Å²) in [4.78, 5) is 11.4. The summed E-state index contributed by atoms with van der Waals surface area (Å²) in [6.07, 6.45) is -0.791. The summed E-state index contributed by atoms with van der Waals surface area (Å²) >= 11 is 0. The number of carbonyl (C=O) groups excluding carboxylic acids is 1. The van der Waals surface area contributed by atoms with E-state index in [-0.39, 0.29) is 25.7 Å². The first-order chi connectivity index (χ1) is 9.11. The summed E-state index contributed by atoms with van der Waals surface area (Å²) in [6.45, 7) is 2.18. The molecule has 0 aliphatic carbocycles. The number of nitrogens with one attached hydrogen (secondary N) is 1. The van der Waals surface area contributed by atoms with Crippen LogP contribution >= 0.6 is 0 Å². The van der Waals surface area contributed by atoms with Crippen molar-refractivity contribution in [3.05, 3.63) is 35.9 Å². The fourth-order valence-corrected chi connectivity index (χ4v) is 1.60. The van der Waals surface area contributed by atoms with Crippen LogP contribution in [0.2, 0.25) is 0 Å². The molecule has 3 N–H and O–H groups in total. The SMILES string of the molecule is C[C@H](CO)C[C@@H](O)CNC(=O)OCc1ccccc1. The fourth-order valence-electron chi connectivity index (χ4n) is 1.60. The molecule has 2 atom stereocenters. The van der Waals surface area contributed by atoms with Gasteiger partial charge >= 0.3 is 6.09 Å². The molecule has 5 heteroatoms. The number of aliphatic hydroxyl groups excluding tert-OH is 2. The van der Waals surface area contributed by atoms with Gasteiger partial charge in [0.1, 0.15) is 6.61 Å². The minimum Gasteiger partial charge on any atom is -0.445 e. The Morgan fingerprint density at radius 3 is 2.68 bits per heavy atom. The summed E-state index contributed by atoms with van der Waals surface area (Å²) in [5.41, 5.74) is 0.909. The van der Waals surface area contributed by atoms with E-state index in [9.17, 15) is 9.90 Å². The number of rotatable bonds is 7. The van der Waals surface area contributed by atoms with Crippen LogP contribution in [0.3, 0.4) is 0 Å². The van der Waals surface area contributed by atoms with Gasteiger partial charge in [-0.3, -0.25) is 0 Å². The van der Waals surface area contributed by atoms with E-state index in [2.05, 4.69) is 5.32 Å². The molecule has 0 heterocycles. The normalized spacial score (nSPS) is 13.6. The average molecular weight is 267 g/mol. The van der Waals surface area contributed by atoms with Gasteiger partial charge in [-0.1, -0.05) is 37.3 Å². The molecule has 19 heavy (non-hydrogen) atoms. The number of benzene rings is 1. The maximum absolute atomic E-state index is 11.4. The molecule has 0 unspecified atom stereocenters. The third kappa shape index (κ3) is 6.79. The van der Waals surface area contributed by atoms with Crippen LogP contribution < -0.4 is 5.32 Å². The molecule has 0 radical (unpaired) electrons. The monoisotopic (exact) mass is 267 g/mol. The zero-order valence-corrected chi connectivity index (χ0v) is 11.1. The highest BCUT2D eigenvalue weighted by Crippen LogP contribution is 2.04. The lowest BCUT2D eigenvalue weighted by Crippen LogP contribution is -2.33. The van der Waals surface area contributed by atoms with Crippen LogP contribution in [0, 0.1) is 5.92 Å². The standard InChI is InChI=1S/C14H21NO4/c1-11(9-16)7-13(17)8-15-14(18)19-10-12-5-3-2-4-6-12/h2-6,11,13,16-17H,7-10H2,1H3,(H,15,18)/t11-,13+/m0/s1. The molecule has 106 valence electrons. The number of aliphatic hydroxyl groups is 2. The van der Waals surface area contributed by atoms with E-state index in [0.29, 0.717) is 6.42 Å². The average Bonchev–Trinajstić information content (AvgIpc) is 2.43. The van der Waals surface area contributed by atoms with Gasteiger partial charge in [-0.15, -0.1) is 0 Å². The Kier molecular flexibility index (Phi) is 6.92. The predicted molar refractivity (Wildman–Crippen MR) is 71.5 cm³/mol. The van der Waals surface area contributed by atoms with Gasteiger partial charge in [0.15, 0.2) is 0 Å². The molecule has 5 nitrogen and oxygen atoms in total. The first-order valence-corrected chi connectivity index (χ1v) is 6.35. The summed E-state index contributed by atoms with van der Waals surface area (Å²) in [6, 6.07) is 9.37. The second-order valence-corrected chi connectivity index (χ2v) is 4.62. The maximum atomic E-state index is 11.4. The third-order valence-electron chi connectivity index (χ3n) is 2.68. The molecular weight excluding hydrogens is 246 g/mol. The Labute approximate surface area is 113 Å². The second kappa shape index (κ2) is 8.50. The van der Waals surface area contributed by atoms with Gasteiger partial charge in [-0.2, -0.15) is 0 Å². The van der Waals surface area contributed by atoms with E-state index in [1.807, 2.05) is 37.3 Å². The van der Waals surface area contributed by atoms with Gasteiger partial charge in [-0.05, 0) is 17.9 Å². The van der Waals surface area contributed by atoms with Crippen LogP contribution in [0.5, 0.6) is 0 Å². The largest absolute Gasteiger partial charge is 0.445 e. The van der Waals surface area contributed by atoms with Crippen LogP contribution in [-0.2, 0) is 11.3 Å². The molecule has 0 spiro atoms. The highest BCUT2D eigenvalue weighted by atomic mass is 16.5. The molecule has 0 aliphatic heterocycles. The zero-order chi connectivity index (χ0) is 14.1. The van der Waals surface area contributed by atoms with E-state index in [0.717, 1.165) is 5.56 Å². The maximum Gasteiger partial charge on any atom is 0.407 e. The van der Waals surface area contributed by atoms with Crippen molar-refractivity contribution in [1.82, 2.24) is 5.32 Å². The Bertz CT molecular complexity index is 369. The highest BCUT2D eigenvalue weighted by molar-refractivity contribution is 5.67. The Morgan fingerprint density at radius 2 is 2.05 bits per heavy atom. The van der Waals surface area contributed by atoms with Crippen molar-refractivity contribution in [2.75, 3.05) is 13.2 Å². The number of amides is 1. The molecular formula is C14H21NO4. The van der Waals surface area contributed by atoms with Crippen molar-refractivity contribution in [2.24, 2.45) is 5.92 Å². The number of carbonyl (C=O) groups is 1. The smallest absolute Gasteiger partial charge is 0.407 e. The molecule has 0 bridgehead atoms. The molecule has 0 aliphatic rings. The van der Waals surface area contributed by atoms with Crippen molar-refractivity contribution in [3.63, 3.8) is 0 Å². The lowest BCUT2D eigenvalue weighted by atomic mass is 10.1. The number of hydrogen-bond acceptors (Lipinski definition) is 4. The predicted octanol–water partition coefficient (Wildman–Crippen LogP) is 1.29.